The zero-order valence-corrected chi connectivity index (χ0v) is 15.4. The summed E-state index contributed by atoms with van der Waals surface area (Å²) in [6.07, 6.45) is 6.37. The Morgan fingerprint density at radius 2 is 2.12 bits per heavy atom. The van der Waals surface area contributed by atoms with Crippen molar-refractivity contribution in [1.82, 2.24) is 20.3 Å². The molecule has 3 N–H and O–H groups in total. The molecular weight excluding hydrogens is 342 g/mol. The summed E-state index contributed by atoms with van der Waals surface area (Å²) in [5, 5.41) is 6.24. The lowest BCUT2D eigenvalue weighted by atomic mass is 10.4. The van der Waals surface area contributed by atoms with Gasteiger partial charge in [0, 0.05) is 52.3 Å². The molecule has 140 valence electrons. The first kappa shape index (κ1) is 19.6. The molecule has 0 unspecified atom stereocenters. The number of aliphatic imine (C=N–C) groups is 1. The van der Waals surface area contributed by atoms with Gasteiger partial charge in [-0.1, -0.05) is 0 Å². The lowest BCUT2D eigenvalue weighted by Crippen LogP contribution is -2.42. The van der Waals surface area contributed by atoms with E-state index in [4.69, 9.17) is 4.74 Å². The predicted octanol–water partition coefficient (Wildman–Crippen LogP) is 0.342. The summed E-state index contributed by atoms with van der Waals surface area (Å²) in [7, 11) is -1.84. The molecule has 1 fully saturated rings. The van der Waals surface area contributed by atoms with Gasteiger partial charge < -0.3 is 15.4 Å². The molecule has 0 bridgehead atoms. The maximum atomic E-state index is 12.0. The van der Waals surface area contributed by atoms with E-state index in [1.165, 1.54) is 31.3 Å². The molecule has 0 amide bonds. The quantitative estimate of drug-likeness (QED) is 0.295. The third-order valence-corrected chi connectivity index (χ3v) is 5.13. The Kier molecular flexibility index (Phi) is 8.10. The minimum absolute atomic E-state index is 0.156. The number of ether oxygens (including phenoxy) is 1. The van der Waals surface area contributed by atoms with E-state index in [2.05, 4.69) is 25.3 Å². The van der Waals surface area contributed by atoms with Gasteiger partial charge in [-0.15, -0.1) is 0 Å². The molecule has 1 aromatic rings. The highest BCUT2D eigenvalue weighted by Gasteiger charge is 2.20. The van der Waals surface area contributed by atoms with Gasteiger partial charge in [0.15, 0.2) is 5.96 Å². The molecule has 9 heteroatoms. The lowest BCUT2D eigenvalue weighted by molar-refractivity contribution is 0.123. The van der Waals surface area contributed by atoms with E-state index in [1.54, 1.807) is 13.1 Å². The predicted molar refractivity (Wildman–Crippen MR) is 96.9 cm³/mol. The molecule has 8 nitrogen and oxygen atoms in total. The minimum atomic E-state index is -3.52. The van der Waals surface area contributed by atoms with E-state index >= 15 is 0 Å². The molecule has 0 atom stereocenters. The number of pyridine rings is 1. The summed E-state index contributed by atoms with van der Waals surface area (Å²) in [6.45, 7) is 3.06. The third kappa shape index (κ3) is 7.80. The summed E-state index contributed by atoms with van der Waals surface area (Å²) in [5.74, 6) is 1.43. The Hall–Kier alpha value is -1.71. The fourth-order valence-electron chi connectivity index (χ4n) is 2.09. The average molecular weight is 369 g/mol. The highest BCUT2D eigenvalue weighted by molar-refractivity contribution is 7.89. The fraction of sp³-hybridized carbons (Fsp3) is 0.625. The Bertz CT molecular complexity index is 632. The molecule has 1 heterocycles. The zero-order chi connectivity index (χ0) is 18.0. The monoisotopic (exact) mass is 369 g/mol. The van der Waals surface area contributed by atoms with Gasteiger partial charge in [-0.2, -0.15) is 0 Å². The molecule has 25 heavy (non-hydrogen) atoms. The Balaban J connectivity index is 1.55. The molecule has 1 aromatic heterocycles. The van der Waals surface area contributed by atoms with Crippen molar-refractivity contribution in [3.05, 3.63) is 24.5 Å². The van der Waals surface area contributed by atoms with Gasteiger partial charge >= 0.3 is 0 Å². The number of rotatable bonds is 11. The van der Waals surface area contributed by atoms with Crippen LogP contribution in [0.3, 0.4) is 0 Å². The number of guanidine groups is 1. The molecule has 1 aliphatic carbocycles. The van der Waals surface area contributed by atoms with Crippen LogP contribution in [0.15, 0.2) is 34.4 Å². The summed E-state index contributed by atoms with van der Waals surface area (Å²) in [4.78, 5) is 8.07. The van der Waals surface area contributed by atoms with Crippen LogP contribution in [-0.4, -0.2) is 59.3 Å². The van der Waals surface area contributed by atoms with Gasteiger partial charge in [0.1, 0.15) is 4.90 Å². The van der Waals surface area contributed by atoms with Crippen LogP contribution in [0, 0.1) is 5.92 Å². The number of hydrogen-bond acceptors (Lipinski definition) is 5. The molecule has 1 saturated carbocycles. The van der Waals surface area contributed by atoms with Crippen molar-refractivity contribution in [2.75, 3.05) is 39.9 Å². The first-order chi connectivity index (χ1) is 12.1. The summed E-state index contributed by atoms with van der Waals surface area (Å²) in [5.41, 5.74) is 0. The second kappa shape index (κ2) is 10.3. The van der Waals surface area contributed by atoms with Crippen LogP contribution in [-0.2, 0) is 14.8 Å². The molecule has 1 aliphatic rings. The highest BCUT2D eigenvalue weighted by Crippen LogP contribution is 2.28. The van der Waals surface area contributed by atoms with E-state index in [-0.39, 0.29) is 11.4 Å². The smallest absolute Gasteiger partial charge is 0.242 e. The molecule has 2 rings (SSSR count). The fourth-order valence-corrected chi connectivity index (χ4v) is 3.09. The number of sulfonamides is 1. The van der Waals surface area contributed by atoms with E-state index in [1.807, 2.05) is 0 Å². The summed E-state index contributed by atoms with van der Waals surface area (Å²) >= 11 is 0. The summed E-state index contributed by atoms with van der Waals surface area (Å²) < 4.78 is 32.2. The number of aromatic nitrogens is 1. The van der Waals surface area contributed by atoms with Crippen LogP contribution in [0.2, 0.25) is 0 Å². The van der Waals surface area contributed by atoms with E-state index in [9.17, 15) is 8.42 Å². The van der Waals surface area contributed by atoms with Crippen molar-refractivity contribution in [1.29, 1.82) is 0 Å². The maximum absolute atomic E-state index is 12.0. The number of nitrogens with one attached hydrogen (secondary N) is 3. The van der Waals surface area contributed by atoms with Gasteiger partial charge in [0.25, 0.3) is 0 Å². The maximum Gasteiger partial charge on any atom is 0.242 e. The number of nitrogens with zero attached hydrogens (tertiary/aromatic N) is 2. The van der Waals surface area contributed by atoms with Crippen LogP contribution in [0.25, 0.3) is 0 Å². The molecule has 0 aromatic carbocycles. The van der Waals surface area contributed by atoms with Gasteiger partial charge in [-0.05, 0) is 37.3 Å². The van der Waals surface area contributed by atoms with Crippen molar-refractivity contribution in [3.8, 4) is 0 Å². The van der Waals surface area contributed by atoms with Crippen LogP contribution < -0.4 is 15.4 Å². The standard InChI is InChI=1S/C16H27N5O3S/c1-17-16(19-8-3-11-24-13-14-5-6-14)20-9-10-21-25(22,23)15-4-2-7-18-12-15/h2,4,7,12,14,21H,3,5-6,8-11,13H2,1H3,(H2,17,19,20). The molecular formula is C16H27N5O3S. The van der Waals surface area contributed by atoms with Crippen molar-refractivity contribution in [2.24, 2.45) is 10.9 Å². The molecule has 0 radical (unpaired) electrons. The van der Waals surface area contributed by atoms with Crippen molar-refractivity contribution in [2.45, 2.75) is 24.2 Å². The first-order valence-corrected chi connectivity index (χ1v) is 10.0. The average Bonchev–Trinajstić information content (AvgIpc) is 3.44. The Labute approximate surface area is 149 Å². The normalized spacial score (nSPS) is 15.2. The van der Waals surface area contributed by atoms with Crippen LogP contribution >= 0.6 is 0 Å². The lowest BCUT2D eigenvalue weighted by Gasteiger charge is -2.12. The van der Waals surface area contributed by atoms with Gasteiger partial charge in [0.2, 0.25) is 10.0 Å². The summed E-state index contributed by atoms with van der Waals surface area (Å²) in [6, 6.07) is 3.10. The Morgan fingerprint density at radius 1 is 1.32 bits per heavy atom. The van der Waals surface area contributed by atoms with Crippen LogP contribution in [0.1, 0.15) is 19.3 Å². The number of hydrogen-bond donors (Lipinski definition) is 3. The van der Waals surface area contributed by atoms with E-state index < -0.39 is 10.0 Å². The minimum Gasteiger partial charge on any atom is -0.381 e. The van der Waals surface area contributed by atoms with Gasteiger partial charge in [-0.3, -0.25) is 9.98 Å². The molecule has 0 saturated heterocycles. The highest BCUT2D eigenvalue weighted by atomic mass is 32.2. The molecule has 0 aliphatic heterocycles. The SMILES string of the molecule is CN=C(NCCCOCC1CC1)NCCNS(=O)(=O)c1cccnc1. The zero-order valence-electron chi connectivity index (χ0n) is 14.6. The third-order valence-electron chi connectivity index (χ3n) is 3.69. The Morgan fingerprint density at radius 3 is 2.80 bits per heavy atom. The van der Waals surface area contributed by atoms with Gasteiger partial charge in [0.05, 0.1) is 0 Å². The second-order valence-electron chi connectivity index (χ2n) is 5.88. The van der Waals surface area contributed by atoms with Crippen molar-refractivity contribution >= 4 is 16.0 Å². The topological polar surface area (TPSA) is 105 Å². The van der Waals surface area contributed by atoms with Crippen LogP contribution in [0.5, 0.6) is 0 Å². The van der Waals surface area contributed by atoms with E-state index in [0.29, 0.717) is 12.5 Å². The van der Waals surface area contributed by atoms with Crippen LogP contribution in [0.4, 0.5) is 0 Å². The molecule has 0 spiro atoms. The van der Waals surface area contributed by atoms with E-state index in [0.717, 1.165) is 32.1 Å². The second-order valence-corrected chi connectivity index (χ2v) is 7.65. The van der Waals surface area contributed by atoms with Gasteiger partial charge in [-0.25, -0.2) is 13.1 Å². The first-order valence-electron chi connectivity index (χ1n) is 8.54. The largest absolute Gasteiger partial charge is 0.381 e. The van der Waals surface area contributed by atoms with Crippen molar-refractivity contribution in [3.63, 3.8) is 0 Å². The van der Waals surface area contributed by atoms with Crippen molar-refractivity contribution < 1.29 is 13.2 Å².